The molecule has 0 bridgehead atoms. The summed E-state index contributed by atoms with van der Waals surface area (Å²) in [4.78, 5) is 12.2. The summed E-state index contributed by atoms with van der Waals surface area (Å²) in [6.45, 7) is 2.47. The Hall–Kier alpha value is -1.03. The Morgan fingerprint density at radius 2 is 2.00 bits per heavy atom. The minimum Gasteiger partial charge on any atom is -0.352 e. The predicted molar refractivity (Wildman–Crippen MR) is 91.4 cm³/mol. The van der Waals surface area contributed by atoms with Gasteiger partial charge in [0.15, 0.2) is 0 Å². The maximum Gasteiger partial charge on any atom is 0.252 e. The van der Waals surface area contributed by atoms with Crippen molar-refractivity contribution in [2.45, 2.75) is 13.3 Å². The number of benzene rings is 2. The number of halogens is 3. The minimum atomic E-state index is -0.101. The highest BCUT2D eigenvalue weighted by Crippen LogP contribution is 2.22. The molecule has 0 aliphatic carbocycles. The van der Waals surface area contributed by atoms with Gasteiger partial charge in [0.25, 0.3) is 5.91 Å². The zero-order valence-electron chi connectivity index (χ0n) is 11.4. The molecule has 2 rings (SSSR count). The lowest BCUT2D eigenvalue weighted by Gasteiger charge is -2.09. The van der Waals surface area contributed by atoms with Crippen LogP contribution in [0.3, 0.4) is 0 Å². The summed E-state index contributed by atoms with van der Waals surface area (Å²) in [6.07, 6.45) is 0.658. The van der Waals surface area contributed by atoms with Crippen LogP contribution in [0.4, 0.5) is 0 Å². The van der Waals surface area contributed by atoms with Crippen LogP contribution in [0, 0.1) is 6.92 Å². The van der Waals surface area contributed by atoms with Crippen molar-refractivity contribution < 1.29 is 4.79 Å². The topological polar surface area (TPSA) is 29.1 Å². The van der Waals surface area contributed by atoms with Gasteiger partial charge in [-0.1, -0.05) is 41.4 Å². The van der Waals surface area contributed by atoms with Crippen LogP contribution in [0.2, 0.25) is 10.0 Å². The first-order valence-electron chi connectivity index (χ1n) is 6.46. The Morgan fingerprint density at radius 1 is 1.24 bits per heavy atom. The van der Waals surface area contributed by atoms with E-state index >= 15 is 0 Å². The number of nitrogens with one attached hydrogen (secondary N) is 1. The van der Waals surface area contributed by atoms with Crippen molar-refractivity contribution >= 4 is 45.0 Å². The molecule has 0 fully saturated rings. The molecule has 0 aliphatic rings. The number of rotatable bonds is 4. The zero-order valence-corrected chi connectivity index (χ0v) is 14.5. The van der Waals surface area contributed by atoms with Gasteiger partial charge in [-0.3, -0.25) is 4.79 Å². The lowest BCUT2D eigenvalue weighted by molar-refractivity contribution is 0.0953. The minimum absolute atomic E-state index is 0.101. The number of carbonyl (C=O) groups excluding carboxylic acids is 1. The normalized spacial score (nSPS) is 10.5. The van der Waals surface area contributed by atoms with E-state index in [0.717, 1.165) is 15.6 Å². The summed E-state index contributed by atoms with van der Waals surface area (Å²) in [5, 5.41) is 4.12. The van der Waals surface area contributed by atoms with E-state index in [9.17, 15) is 4.79 Å². The molecule has 2 aromatic carbocycles. The van der Waals surface area contributed by atoms with E-state index in [2.05, 4.69) is 21.2 Å². The molecule has 0 atom stereocenters. The molecule has 0 spiro atoms. The van der Waals surface area contributed by atoms with Crippen molar-refractivity contribution in [2.75, 3.05) is 6.54 Å². The van der Waals surface area contributed by atoms with Gasteiger partial charge in [-0.15, -0.1) is 0 Å². The molecule has 110 valence electrons. The van der Waals surface area contributed by atoms with Crippen LogP contribution in [0.15, 0.2) is 40.9 Å². The second-order valence-corrected chi connectivity index (χ2v) is 6.31. The maximum atomic E-state index is 12.2. The summed E-state index contributed by atoms with van der Waals surface area (Å²) in [5.74, 6) is -0.101. The van der Waals surface area contributed by atoms with E-state index in [1.807, 2.05) is 25.1 Å². The lowest BCUT2D eigenvalue weighted by atomic mass is 10.1. The Labute approximate surface area is 142 Å². The van der Waals surface area contributed by atoms with Crippen molar-refractivity contribution in [3.05, 3.63) is 67.6 Å². The average Bonchev–Trinajstić information content (AvgIpc) is 2.44. The number of aryl methyl sites for hydroxylation is 1. The Balaban J connectivity index is 1.97. The van der Waals surface area contributed by atoms with Gasteiger partial charge in [-0.2, -0.15) is 0 Å². The average molecular weight is 387 g/mol. The quantitative estimate of drug-likeness (QED) is 0.783. The monoisotopic (exact) mass is 385 g/mol. The molecule has 0 unspecified atom stereocenters. The van der Waals surface area contributed by atoms with Gasteiger partial charge in [0, 0.05) is 21.1 Å². The fraction of sp³-hybridized carbons (Fsp3) is 0.188. The van der Waals surface area contributed by atoms with Gasteiger partial charge >= 0.3 is 0 Å². The number of carbonyl (C=O) groups is 1. The van der Waals surface area contributed by atoms with Crippen molar-refractivity contribution in [3.63, 3.8) is 0 Å². The smallest absolute Gasteiger partial charge is 0.252 e. The van der Waals surface area contributed by atoms with E-state index < -0.39 is 0 Å². The second kappa shape index (κ2) is 7.30. The molecule has 21 heavy (non-hydrogen) atoms. The molecule has 1 amide bonds. The maximum absolute atomic E-state index is 12.2. The van der Waals surface area contributed by atoms with Gasteiger partial charge in [-0.25, -0.2) is 0 Å². The van der Waals surface area contributed by atoms with E-state index in [-0.39, 0.29) is 5.91 Å². The van der Waals surface area contributed by atoms with Gasteiger partial charge in [0.2, 0.25) is 0 Å². The highest BCUT2D eigenvalue weighted by Gasteiger charge is 2.11. The molecule has 0 aliphatic heterocycles. The molecule has 2 aromatic rings. The van der Waals surface area contributed by atoms with Crippen LogP contribution in [0.25, 0.3) is 0 Å². The molecule has 0 aromatic heterocycles. The fourth-order valence-corrected chi connectivity index (χ4v) is 2.90. The first-order chi connectivity index (χ1) is 9.99. The Bertz CT molecular complexity index is 673. The highest BCUT2D eigenvalue weighted by molar-refractivity contribution is 9.10. The number of amides is 1. The van der Waals surface area contributed by atoms with Gasteiger partial charge in [-0.05, 0) is 58.6 Å². The Morgan fingerprint density at radius 3 is 2.71 bits per heavy atom. The number of hydrogen-bond donors (Lipinski definition) is 1. The van der Waals surface area contributed by atoms with Crippen molar-refractivity contribution in [1.29, 1.82) is 0 Å². The van der Waals surface area contributed by atoms with Crippen LogP contribution < -0.4 is 5.32 Å². The summed E-state index contributed by atoms with van der Waals surface area (Å²) >= 11 is 15.4. The molecule has 2 nitrogen and oxygen atoms in total. The second-order valence-electron chi connectivity index (χ2n) is 4.68. The number of hydrogen-bond acceptors (Lipinski definition) is 1. The molecule has 0 heterocycles. The summed E-state index contributed by atoms with van der Waals surface area (Å²) in [5.41, 5.74) is 2.63. The molecule has 0 saturated carbocycles. The summed E-state index contributed by atoms with van der Waals surface area (Å²) < 4.78 is 0.826. The van der Waals surface area contributed by atoms with Crippen molar-refractivity contribution in [1.82, 2.24) is 5.32 Å². The lowest BCUT2D eigenvalue weighted by Crippen LogP contribution is -2.26. The first-order valence-corrected chi connectivity index (χ1v) is 8.01. The summed E-state index contributed by atoms with van der Waals surface area (Å²) in [6, 6.07) is 11.0. The fourth-order valence-electron chi connectivity index (χ4n) is 1.95. The van der Waals surface area contributed by atoms with Crippen LogP contribution in [0.5, 0.6) is 0 Å². The highest BCUT2D eigenvalue weighted by atomic mass is 79.9. The molecular formula is C16H14BrCl2NO. The van der Waals surface area contributed by atoms with E-state index in [1.54, 1.807) is 18.2 Å². The van der Waals surface area contributed by atoms with Gasteiger partial charge in [0.05, 0.1) is 5.56 Å². The Kier molecular flexibility index (Phi) is 5.68. The largest absolute Gasteiger partial charge is 0.352 e. The van der Waals surface area contributed by atoms with Crippen LogP contribution in [-0.2, 0) is 6.42 Å². The van der Waals surface area contributed by atoms with E-state index in [0.29, 0.717) is 28.6 Å². The SMILES string of the molecule is Cc1cccc(C(=O)NCCc2ccc(Cl)cc2Cl)c1Br. The first kappa shape index (κ1) is 16.3. The third-order valence-electron chi connectivity index (χ3n) is 3.13. The van der Waals surface area contributed by atoms with E-state index in [4.69, 9.17) is 23.2 Å². The van der Waals surface area contributed by atoms with Gasteiger partial charge in [0.1, 0.15) is 0 Å². The molecule has 5 heteroatoms. The molecule has 0 radical (unpaired) electrons. The van der Waals surface area contributed by atoms with E-state index in [1.165, 1.54) is 0 Å². The zero-order chi connectivity index (χ0) is 15.4. The predicted octanol–water partition coefficient (Wildman–Crippen LogP) is 5.04. The standard InChI is InChI=1S/C16H14BrCl2NO/c1-10-3-2-4-13(15(10)17)16(21)20-8-7-11-5-6-12(18)9-14(11)19/h2-6,9H,7-8H2,1H3,(H,20,21). The van der Waals surface area contributed by atoms with Gasteiger partial charge < -0.3 is 5.32 Å². The van der Waals surface area contributed by atoms with Crippen LogP contribution in [0.1, 0.15) is 21.5 Å². The third-order valence-corrected chi connectivity index (χ3v) is 4.77. The van der Waals surface area contributed by atoms with Crippen molar-refractivity contribution in [3.8, 4) is 0 Å². The van der Waals surface area contributed by atoms with Crippen molar-refractivity contribution in [2.24, 2.45) is 0 Å². The van der Waals surface area contributed by atoms with Crippen LogP contribution >= 0.6 is 39.1 Å². The third kappa shape index (κ3) is 4.22. The molecule has 0 saturated heterocycles. The van der Waals surface area contributed by atoms with Crippen LogP contribution in [-0.4, -0.2) is 12.5 Å². The summed E-state index contributed by atoms with van der Waals surface area (Å²) in [7, 11) is 0. The molecular weight excluding hydrogens is 373 g/mol. The molecule has 1 N–H and O–H groups in total.